The van der Waals surface area contributed by atoms with Crippen molar-refractivity contribution in [2.75, 3.05) is 38.2 Å². The zero-order valence-electron chi connectivity index (χ0n) is 14.2. The van der Waals surface area contributed by atoms with Gasteiger partial charge < -0.3 is 14.2 Å². The molecule has 3 heterocycles. The van der Waals surface area contributed by atoms with Crippen molar-refractivity contribution in [2.24, 2.45) is 0 Å². The standard InChI is InChI=1S/C17H24N4O2S/c1-14(20-6-3-4-7-20)11-16(22)21(17-18-5-10-24-17)13-15-12-19(2)8-9-23-15/h3-7,10,14-15H,8-9,11-13H2,1-2H3/t14-,15+/m0/s1. The number of hydrogen-bond donors (Lipinski definition) is 0. The quantitative estimate of drug-likeness (QED) is 0.803. The molecule has 0 aliphatic carbocycles. The summed E-state index contributed by atoms with van der Waals surface area (Å²) in [5, 5.41) is 2.65. The number of nitrogens with zero attached hydrogens (tertiary/aromatic N) is 4. The largest absolute Gasteiger partial charge is 0.374 e. The molecular weight excluding hydrogens is 324 g/mol. The predicted octanol–water partition coefficient (Wildman–Crippen LogP) is 2.26. The van der Waals surface area contributed by atoms with Gasteiger partial charge in [-0.25, -0.2) is 4.98 Å². The minimum Gasteiger partial charge on any atom is -0.374 e. The van der Waals surface area contributed by atoms with E-state index in [1.807, 2.05) is 29.9 Å². The van der Waals surface area contributed by atoms with Gasteiger partial charge in [0.05, 0.1) is 19.3 Å². The molecule has 6 nitrogen and oxygen atoms in total. The van der Waals surface area contributed by atoms with Crippen molar-refractivity contribution in [2.45, 2.75) is 25.5 Å². The molecule has 130 valence electrons. The first-order valence-electron chi connectivity index (χ1n) is 8.26. The molecule has 24 heavy (non-hydrogen) atoms. The van der Waals surface area contributed by atoms with Crippen molar-refractivity contribution in [1.29, 1.82) is 0 Å². The van der Waals surface area contributed by atoms with E-state index in [4.69, 9.17) is 4.74 Å². The summed E-state index contributed by atoms with van der Waals surface area (Å²) in [4.78, 5) is 21.3. The Morgan fingerprint density at radius 1 is 1.50 bits per heavy atom. The van der Waals surface area contributed by atoms with Crippen LogP contribution in [-0.4, -0.2) is 59.8 Å². The van der Waals surface area contributed by atoms with Crippen molar-refractivity contribution >= 4 is 22.4 Å². The summed E-state index contributed by atoms with van der Waals surface area (Å²) in [6, 6.07) is 4.07. The van der Waals surface area contributed by atoms with E-state index < -0.39 is 0 Å². The van der Waals surface area contributed by atoms with E-state index in [1.54, 1.807) is 11.1 Å². The highest BCUT2D eigenvalue weighted by Gasteiger charge is 2.27. The summed E-state index contributed by atoms with van der Waals surface area (Å²) < 4.78 is 7.90. The third-order valence-corrected chi connectivity index (χ3v) is 5.08. The normalized spacial score (nSPS) is 20.0. The van der Waals surface area contributed by atoms with Crippen LogP contribution in [0.4, 0.5) is 5.13 Å². The van der Waals surface area contributed by atoms with E-state index in [2.05, 4.69) is 28.4 Å². The number of aromatic nitrogens is 2. The first-order chi connectivity index (χ1) is 11.6. The van der Waals surface area contributed by atoms with Gasteiger partial charge in [-0.2, -0.15) is 0 Å². The van der Waals surface area contributed by atoms with Gasteiger partial charge >= 0.3 is 0 Å². The van der Waals surface area contributed by atoms with Gasteiger partial charge in [-0.1, -0.05) is 0 Å². The van der Waals surface area contributed by atoms with Crippen LogP contribution in [0, 0.1) is 0 Å². The topological polar surface area (TPSA) is 50.6 Å². The number of rotatable bonds is 6. The number of amides is 1. The van der Waals surface area contributed by atoms with Crippen LogP contribution in [0.2, 0.25) is 0 Å². The average Bonchev–Trinajstić information content (AvgIpc) is 3.25. The Bertz CT molecular complexity index is 629. The summed E-state index contributed by atoms with van der Waals surface area (Å²) >= 11 is 1.49. The lowest BCUT2D eigenvalue weighted by molar-refractivity contribution is -0.120. The summed E-state index contributed by atoms with van der Waals surface area (Å²) in [6.07, 6.45) is 6.19. The van der Waals surface area contributed by atoms with Crippen LogP contribution in [0.5, 0.6) is 0 Å². The maximum atomic E-state index is 12.9. The number of morpholine rings is 1. The van der Waals surface area contributed by atoms with E-state index in [-0.39, 0.29) is 18.1 Å². The van der Waals surface area contributed by atoms with Crippen molar-refractivity contribution in [1.82, 2.24) is 14.5 Å². The number of ether oxygens (including phenoxy) is 1. The maximum Gasteiger partial charge on any atom is 0.230 e. The Morgan fingerprint density at radius 2 is 2.29 bits per heavy atom. The highest BCUT2D eigenvalue weighted by Crippen LogP contribution is 2.22. The van der Waals surface area contributed by atoms with E-state index in [1.165, 1.54) is 11.3 Å². The smallest absolute Gasteiger partial charge is 0.230 e. The molecule has 0 radical (unpaired) electrons. The average molecular weight is 348 g/mol. The molecule has 0 unspecified atom stereocenters. The minimum atomic E-state index is 0.0264. The first kappa shape index (κ1) is 17.1. The number of likely N-dealkylation sites (N-methyl/N-ethyl adjacent to an activating group) is 1. The van der Waals surface area contributed by atoms with Gasteiger partial charge in [-0.3, -0.25) is 9.69 Å². The van der Waals surface area contributed by atoms with Gasteiger partial charge in [0.2, 0.25) is 5.91 Å². The Balaban J connectivity index is 1.69. The molecule has 1 aliphatic heterocycles. The molecule has 3 rings (SSSR count). The van der Waals surface area contributed by atoms with Crippen LogP contribution in [0.3, 0.4) is 0 Å². The Labute approximate surface area is 146 Å². The van der Waals surface area contributed by atoms with Crippen molar-refractivity contribution in [3.8, 4) is 0 Å². The van der Waals surface area contributed by atoms with Crippen LogP contribution in [0.15, 0.2) is 36.1 Å². The molecule has 7 heteroatoms. The second-order valence-electron chi connectivity index (χ2n) is 6.26. The molecule has 1 saturated heterocycles. The summed E-state index contributed by atoms with van der Waals surface area (Å²) in [6.45, 7) is 5.09. The third kappa shape index (κ3) is 4.23. The Morgan fingerprint density at radius 3 is 2.96 bits per heavy atom. The van der Waals surface area contributed by atoms with E-state index in [9.17, 15) is 4.79 Å². The lowest BCUT2D eigenvalue weighted by Crippen LogP contribution is -2.48. The highest BCUT2D eigenvalue weighted by molar-refractivity contribution is 7.13. The van der Waals surface area contributed by atoms with Gasteiger partial charge in [0.1, 0.15) is 0 Å². The Kier molecular flexibility index (Phi) is 5.65. The van der Waals surface area contributed by atoms with Crippen LogP contribution >= 0.6 is 11.3 Å². The summed E-state index contributed by atoms with van der Waals surface area (Å²) in [5.41, 5.74) is 0. The fourth-order valence-corrected chi connectivity index (χ4v) is 3.60. The maximum absolute atomic E-state index is 12.9. The van der Waals surface area contributed by atoms with Crippen molar-refractivity contribution in [3.63, 3.8) is 0 Å². The number of carbonyl (C=O) groups excluding carboxylic acids is 1. The minimum absolute atomic E-state index is 0.0264. The molecule has 0 N–H and O–H groups in total. The molecular formula is C17H24N4O2S. The van der Waals surface area contributed by atoms with Crippen LogP contribution in [0.1, 0.15) is 19.4 Å². The molecule has 0 bridgehead atoms. The molecule has 2 atom stereocenters. The second kappa shape index (κ2) is 7.92. The monoisotopic (exact) mass is 348 g/mol. The summed E-state index contributed by atoms with van der Waals surface area (Å²) in [7, 11) is 2.08. The van der Waals surface area contributed by atoms with Crippen LogP contribution in [0.25, 0.3) is 0 Å². The lowest BCUT2D eigenvalue weighted by atomic mass is 10.2. The molecule has 0 aromatic carbocycles. The van der Waals surface area contributed by atoms with Gasteiger partial charge in [0, 0.05) is 49.5 Å². The SMILES string of the molecule is C[C@@H](CC(=O)N(C[C@H]1CN(C)CCO1)c1nccs1)n1cccc1. The zero-order valence-corrected chi connectivity index (χ0v) is 15.0. The number of hydrogen-bond acceptors (Lipinski definition) is 5. The van der Waals surface area contributed by atoms with Gasteiger partial charge in [-0.15, -0.1) is 11.3 Å². The predicted molar refractivity (Wildman–Crippen MR) is 95.5 cm³/mol. The molecule has 1 fully saturated rings. The van der Waals surface area contributed by atoms with E-state index in [0.717, 1.165) is 18.2 Å². The highest BCUT2D eigenvalue weighted by atomic mass is 32.1. The summed E-state index contributed by atoms with van der Waals surface area (Å²) in [5.74, 6) is 0.0861. The fraction of sp³-hybridized carbons (Fsp3) is 0.529. The lowest BCUT2D eigenvalue weighted by Gasteiger charge is -2.33. The van der Waals surface area contributed by atoms with Crippen LogP contribution in [-0.2, 0) is 9.53 Å². The van der Waals surface area contributed by atoms with Gasteiger partial charge in [0.15, 0.2) is 5.13 Å². The molecule has 2 aromatic rings. The molecule has 2 aromatic heterocycles. The number of carbonyl (C=O) groups is 1. The fourth-order valence-electron chi connectivity index (χ4n) is 2.93. The second-order valence-corrected chi connectivity index (χ2v) is 7.13. The number of thiazole rings is 1. The van der Waals surface area contributed by atoms with E-state index in [0.29, 0.717) is 19.6 Å². The molecule has 0 saturated carbocycles. The van der Waals surface area contributed by atoms with Gasteiger partial charge in [0.25, 0.3) is 0 Å². The van der Waals surface area contributed by atoms with E-state index >= 15 is 0 Å². The first-order valence-corrected chi connectivity index (χ1v) is 9.14. The third-order valence-electron chi connectivity index (χ3n) is 4.29. The molecule has 0 spiro atoms. The molecule has 1 amide bonds. The zero-order chi connectivity index (χ0) is 16.9. The molecule has 1 aliphatic rings. The Hall–Kier alpha value is -1.70. The number of anilines is 1. The van der Waals surface area contributed by atoms with Crippen LogP contribution < -0.4 is 4.90 Å². The van der Waals surface area contributed by atoms with Crippen molar-refractivity contribution in [3.05, 3.63) is 36.1 Å². The van der Waals surface area contributed by atoms with Crippen molar-refractivity contribution < 1.29 is 9.53 Å². The van der Waals surface area contributed by atoms with Gasteiger partial charge in [-0.05, 0) is 26.1 Å².